The molecule has 0 aliphatic rings. The Kier molecular flexibility index (Phi) is 9.87. The third-order valence-electron chi connectivity index (χ3n) is 7.79. The first-order chi connectivity index (χ1) is 22.0. The predicted molar refractivity (Wildman–Crippen MR) is 182 cm³/mol. The molecule has 1 heterocycles. The van der Waals surface area contributed by atoms with Crippen molar-refractivity contribution < 1.29 is 17.7 Å². The second-order valence-electron chi connectivity index (χ2n) is 11.8. The van der Waals surface area contributed by atoms with Crippen molar-refractivity contribution in [3.63, 3.8) is 0 Å². The van der Waals surface area contributed by atoms with Crippen molar-refractivity contribution in [2.45, 2.75) is 45.1 Å². The van der Waals surface area contributed by atoms with Gasteiger partial charge in [-0.25, -0.2) is 13.1 Å². The average molecular weight is 638 g/mol. The number of nitrogens with zero attached hydrogens (tertiary/aromatic N) is 3. The standard InChI is InChI=1S/C36H39N5O4S/c1-24(2)20-21-41(5)32-19-18-28(23-31(32)37-26(4)27-13-7-6-8-14-27)34-38-36(45-39-34)30-16-11-15-29(22-30)35(42)40-46(43,44)33-17-10-9-12-25(33)3/h6-19,22-24,26,37H,20-21H2,1-5H3,(H,40,42). The molecule has 0 fully saturated rings. The smallest absolute Gasteiger partial charge is 0.265 e. The number of aromatic nitrogens is 2. The third-order valence-corrected chi connectivity index (χ3v) is 9.28. The highest BCUT2D eigenvalue weighted by Gasteiger charge is 2.22. The van der Waals surface area contributed by atoms with Crippen LogP contribution in [-0.2, 0) is 10.0 Å². The lowest BCUT2D eigenvalue weighted by atomic mass is 10.1. The SMILES string of the molecule is Cc1ccccc1S(=O)(=O)NC(=O)c1cccc(-c2nc(-c3ccc(N(C)CCC(C)C)c(NC(C)c4ccccc4)c3)no2)c1. The van der Waals surface area contributed by atoms with Crippen molar-refractivity contribution in [3.8, 4) is 22.8 Å². The van der Waals surface area contributed by atoms with Gasteiger partial charge in [0.15, 0.2) is 0 Å². The molecule has 0 saturated carbocycles. The van der Waals surface area contributed by atoms with E-state index in [0.717, 1.165) is 29.9 Å². The summed E-state index contributed by atoms with van der Waals surface area (Å²) in [5.41, 5.74) is 5.11. The second-order valence-corrected chi connectivity index (χ2v) is 13.5. The summed E-state index contributed by atoms with van der Waals surface area (Å²) in [7, 11) is -1.96. The summed E-state index contributed by atoms with van der Waals surface area (Å²) in [6.07, 6.45) is 1.06. The Morgan fingerprint density at radius 3 is 2.37 bits per heavy atom. The van der Waals surface area contributed by atoms with E-state index in [2.05, 4.69) is 71.1 Å². The molecular formula is C36H39N5O4S. The van der Waals surface area contributed by atoms with Crippen molar-refractivity contribution in [3.05, 3.63) is 114 Å². The molecule has 1 atom stereocenters. The van der Waals surface area contributed by atoms with E-state index < -0.39 is 15.9 Å². The highest BCUT2D eigenvalue weighted by molar-refractivity contribution is 7.90. The van der Waals surface area contributed by atoms with Crippen LogP contribution in [0.4, 0.5) is 11.4 Å². The topological polar surface area (TPSA) is 117 Å². The van der Waals surface area contributed by atoms with Crippen LogP contribution in [0, 0.1) is 12.8 Å². The van der Waals surface area contributed by atoms with E-state index in [-0.39, 0.29) is 22.4 Å². The molecule has 0 aliphatic heterocycles. The minimum atomic E-state index is -4.06. The van der Waals surface area contributed by atoms with Crippen LogP contribution in [-0.4, -0.2) is 38.1 Å². The first kappa shape index (κ1) is 32.4. The summed E-state index contributed by atoms with van der Waals surface area (Å²) >= 11 is 0. The van der Waals surface area contributed by atoms with Crippen LogP contribution in [0.1, 0.15) is 54.7 Å². The Balaban J connectivity index is 1.40. The number of rotatable bonds is 12. The fraction of sp³-hybridized carbons (Fsp3) is 0.250. The lowest BCUT2D eigenvalue weighted by Crippen LogP contribution is -2.31. The quantitative estimate of drug-likeness (QED) is 0.145. The third kappa shape index (κ3) is 7.63. The van der Waals surface area contributed by atoms with Crippen LogP contribution in [0.2, 0.25) is 0 Å². The normalized spacial score (nSPS) is 12.1. The van der Waals surface area contributed by atoms with Gasteiger partial charge in [0, 0.05) is 36.3 Å². The number of hydrogen-bond acceptors (Lipinski definition) is 8. The molecule has 9 nitrogen and oxygen atoms in total. The van der Waals surface area contributed by atoms with E-state index in [4.69, 9.17) is 4.52 Å². The first-order valence-electron chi connectivity index (χ1n) is 15.3. The molecule has 0 radical (unpaired) electrons. The number of carbonyl (C=O) groups is 1. The zero-order chi connectivity index (χ0) is 32.8. The molecule has 0 saturated heterocycles. The van der Waals surface area contributed by atoms with Crippen molar-refractivity contribution in [2.75, 3.05) is 23.8 Å². The molecule has 2 N–H and O–H groups in total. The average Bonchev–Trinajstić information content (AvgIpc) is 3.55. The number of benzene rings is 4. The molecule has 5 rings (SSSR count). The van der Waals surface area contributed by atoms with Crippen LogP contribution in [0.15, 0.2) is 106 Å². The maximum absolute atomic E-state index is 13.0. The first-order valence-corrected chi connectivity index (χ1v) is 16.7. The minimum Gasteiger partial charge on any atom is -0.377 e. The molecule has 4 aromatic carbocycles. The van der Waals surface area contributed by atoms with Gasteiger partial charge >= 0.3 is 0 Å². The van der Waals surface area contributed by atoms with Crippen molar-refractivity contribution in [2.24, 2.45) is 5.92 Å². The summed E-state index contributed by atoms with van der Waals surface area (Å²) in [4.78, 5) is 19.9. The molecule has 1 amide bonds. The molecule has 0 bridgehead atoms. The summed E-state index contributed by atoms with van der Waals surface area (Å²) in [6, 6.07) is 29.3. The lowest BCUT2D eigenvalue weighted by Gasteiger charge is -2.26. The largest absolute Gasteiger partial charge is 0.377 e. The Labute approximate surface area is 270 Å². The van der Waals surface area contributed by atoms with Gasteiger partial charge in [0.2, 0.25) is 5.82 Å². The van der Waals surface area contributed by atoms with Crippen LogP contribution < -0.4 is 14.9 Å². The molecule has 0 aliphatic carbocycles. The van der Waals surface area contributed by atoms with Gasteiger partial charge in [0.05, 0.1) is 16.3 Å². The maximum atomic E-state index is 13.0. The van der Waals surface area contributed by atoms with E-state index in [9.17, 15) is 13.2 Å². The highest BCUT2D eigenvalue weighted by Crippen LogP contribution is 2.34. The van der Waals surface area contributed by atoms with Gasteiger partial charge in [0.25, 0.3) is 21.8 Å². The molecule has 46 heavy (non-hydrogen) atoms. The zero-order valence-corrected chi connectivity index (χ0v) is 27.5. The number of amides is 1. The van der Waals surface area contributed by atoms with Gasteiger partial charge in [0.1, 0.15) is 0 Å². The molecule has 0 spiro atoms. The molecule has 1 aromatic heterocycles. The number of anilines is 2. The Hall–Kier alpha value is -4.96. The van der Waals surface area contributed by atoms with Gasteiger partial charge in [-0.2, -0.15) is 4.98 Å². The van der Waals surface area contributed by atoms with Gasteiger partial charge in [-0.05, 0) is 79.8 Å². The lowest BCUT2D eigenvalue weighted by molar-refractivity contribution is 0.0981. The second kappa shape index (κ2) is 14.0. The van der Waals surface area contributed by atoms with E-state index in [1.165, 1.54) is 23.8 Å². The summed E-state index contributed by atoms with van der Waals surface area (Å²) in [6.45, 7) is 9.15. The van der Waals surface area contributed by atoms with E-state index in [0.29, 0.717) is 22.9 Å². The van der Waals surface area contributed by atoms with Crippen molar-refractivity contribution in [1.82, 2.24) is 14.9 Å². The number of nitrogens with one attached hydrogen (secondary N) is 2. The van der Waals surface area contributed by atoms with E-state index in [1.807, 2.05) is 30.3 Å². The monoisotopic (exact) mass is 637 g/mol. The van der Waals surface area contributed by atoms with Gasteiger partial charge in [-0.3, -0.25) is 4.79 Å². The van der Waals surface area contributed by atoms with E-state index in [1.54, 1.807) is 37.3 Å². The van der Waals surface area contributed by atoms with Crippen LogP contribution in [0.5, 0.6) is 0 Å². The minimum absolute atomic E-state index is 0.0465. The van der Waals surface area contributed by atoms with Gasteiger partial charge in [-0.1, -0.05) is 73.6 Å². The number of aryl methyl sites for hydroxylation is 1. The van der Waals surface area contributed by atoms with Crippen LogP contribution in [0.3, 0.4) is 0 Å². The van der Waals surface area contributed by atoms with Crippen molar-refractivity contribution >= 4 is 27.3 Å². The van der Waals surface area contributed by atoms with Crippen molar-refractivity contribution in [1.29, 1.82) is 0 Å². The predicted octanol–water partition coefficient (Wildman–Crippen LogP) is 7.49. The Bertz CT molecular complexity index is 1920. The Morgan fingerprint density at radius 2 is 1.63 bits per heavy atom. The van der Waals surface area contributed by atoms with E-state index >= 15 is 0 Å². The molecule has 1 unspecified atom stereocenters. The summed E-state index contributed by atoms with van der Waals surface area (Å²) in [5.74, 6) is 0.418. The molecule has 10 heteroatoms. The molecule has 5 aromatic rings. The molecule has 238 valence electrons. The fourth-order valence-corrected chi connectivity index (χ4v) is 6.32. The number of carbonyl (C=O) groups excluding carboxylic acids is 1. The maximum Gasteiger partial charge on any atom is 0.265 e. The van der Waals surface area contributed by atoms with Gasteiger partial charge in [-0.15, -0.1) is 0 Å². The summed E-state index contributed by atoms with van der Waals surface area (Å²) in [5, 5.41) is 7.91. The number of hydrogen-bond donors (Lipinski definition) is 2. The van der Waals surface area contributed by atoms with Crippen LogP contribution in [0.25, 0.3) is 22.8 Å². The van der Waals surface area contributed by atoms with Gasteiger partial charge < -0.3 is 14.7 Å². The number of sulfonamides is 1. The summed E-state index contributed by atoms with van der Waals surface area (Å²) < 4.78 is 33.5. The fourth-order valence-electron chi connectivity index (χ4n) is 5.10. The zero-order valence-electron chi connectivity index (χ0n) is 26.7. The highest BCUT2D eigenvalue weighted by atomic mass is 32.2. The van der Waals surface area contributed by atoms with Crippen LogP contribution >= 0.6 is 0 Å². The molecular weight excluding hydrogens is 598 g/mol. The Morgan fingerprint density at radius 1 is 0.891 bits per heavy atom.